The Hall–Kier alpha value is -0.0800. The van der Waals surface area contributed by atoms with Crippen LogP contribution >= 0.6 is 0 Å². The molecule has 1 N–H and O–H groups in total. The van der Waals surface area contributed by atoms with Gasteiger partial charge in [0.2, 0.25) is 0 Å². The zero-order valence-corrected chi connectivity index (χ0v) is 7.58. The van der Waals surface area contributed by atoms with Gasteiger partial charge >= 0.3 is 0 Å². The first-order chi connectivity index (χ1) is 5.22. The standard InChI is InChI=1S/C9H19NO/c1-8-5-9(2)7-10(6-8)3-4-11/h8-9,11H,3-7H2,1-2H3. The van der Waals surface area contributed by atoms with E-state index < -0.39 is 0 Å². The molecule has 0 aromatic carbocycles. The third-order valence-electron chi connectivity index (χ3n) is 2.36. The molecule has 11 heavy (non-hydrogen) atoms. The van der Waals surface area contributed by atoms with Crippen molar-refractivity contribution >= 4 is 0 Å². The summed E-state index contributed by atoms with van der Waals surface area (Å²) in [7, 11) is 0. The molecule has 2 atom stereocenters. The molecule has 2 heteroatoms. The van der Waals surface area contributed by atoms with Crippen molar-refractivity contribution in [3.05, 3.63) is 0 Å². The van der Waals surface area contributed by atoms with E-state index >= 15 is 0 Å². The molecular weight excluding hydrogens is 138 g/mol. The Bertz CT molecular complexity index is 106. The van der Waals surface area contributed by atoms with Crippen LogP contribution in [0.3, 0.4) is 0 Å². The number of aliphatic hydroxyl groups is 1. The van der Waals surface area contributed by atoms with Crippen LogP contribution in [0.2, 0.25) is 0 Å². The number of rotatable bonds is 2. The second-order valence-corrected chi connectivity index (χ2v) is 3.93. The highest BCUT2D eigenvalue weighted by Gasteiger charge is 2.20. The Morgan fingerprint density at radius 3 is 2.27 bits per heavy atom. The summed E-state index contributed by atoms with van der Waals surface area (Å²) in [5.74, 6) is 1.62. The molecule has 0 aliphatic carbocycles. The SMILES string of the molecule is CC1CC(C)CN(CCO)C1. The maximum absolute atomic E-state index is 8.75. The van der Waals surface area contributed by atoms with Gasteiger partial charge in [-0.25, -0.2) is 0 Å². The smallest absolute Gasteiger partial charge is 0.0558 e. The minimum atomic E-state index is 0.305. The number of hydrogen-bond donors (Lipinski definition) is 1. The van der Waals surface area contributed by atoms with E-state index in [1.165, 1.54) is 19.5 Å². The van der Waals surface area contributed by atoms with Gasteiger partial charge in [-0.05, 0) is 18.3 Å². The molecular formula is C9H19NO. The van der Waals surface area contributed by atoms with Crippen molar-refractivity contribution in [3.63, 3.8) is 0 Å². The predicted octanol–water partition coefficient (Wildman–Crippen LogP) is 0.957. The minimum absolute atomic E-state index is 0.305. The van der Waals surface area contributed by atoms with Gasteiger partial charge in [0.25, 0.3) is 0 Å². The molecule has 1 aliphatic rings. The van der Waals surface area contributed by atoms with Crippen molar-refractivity contribution in [2.75, 3.05) is 26.2 Å². The van der Waals surface area contributed by atoms with E-state index in [4.69, 9.17) is 5.11 Å². The van der Waals surface area contributed by atoms with Crippen LogP contribution in [0.25, 0.3) is 0 Å². The number of hydrogen-bond acceptors (Lipinski definition) is 2. The van der Waals surface area contributed by atoms with Gasteiger partial charge < -0.3 is 10.0 Å². The fourth-order valence-corrected chi connectivity index (χ4v) is 2.12. The van der Waals surface area contributed by atoms with E-state index in [1.807, 2.05) is 0 Å². The second-order valence-electron chi connectivity index (χ2n) is 3.93. The van der Waals surface area contributed by atoms with Crippen molar-refractivity contribution in [1.29, 1.82) is 0 Å². The molecule has 0 saturated carbocycles. The molecule has 0 aromatic rings. The zero-order valence-electron chi connectivity index (χ0n) is 7.58. The minimum Gasteiger partial charge on any atom is -0.395 e. The second kappa shape index (κ2) is 4.07. The molecule has 2 nitrogen and oxygen atoms in total. The Kier molecular flexibility index (Phi) is 3.34. The summed E-state index contributed by atoms with van der Waals surface area (Å²) in [4.78, 5) is 2.36. The molecule has 66 valence electrons. The van der Waals surface area contributed by atoms with Crippen molar-refractivity contribution < 1.29 is 5.11 Å². The number of aliphatic hydroxyl groups excluding tert-OH is 1. The molecule has 1 fully saturated rings. The molecule has 0 aromatic heterocycles. The van der Waals surface area contributed by atoms with Crippen LogP contribution in [0, 0.1) is 11.8 Å². The van der Waals surface area contributed by atoms with Gasteiger partial charge in [0.1, 0.15) is 0 Å². The Labute approximate surface area is 69.2 Å². The fraction of sp³-hybridized carbons (Fsp3) is 1.00. The monoisotopic (exact) mass is 157 g/mol. The molecule has 2 unspecified atom stereocenters. The first-order valence-electron chi connectivity index (χ1n) is 4.55. The Morgan fingerprint density at radius 2 is 1.82 bits per heavy atom. The molecule has 0 radical (unpaired) electrons. The topological polar surface area (TPSA) is 23.5 Å². The lowest BCUT2D eigenvalue weighted by atomic mass is 9.92. The first-order valence-corrected chi connectivity index (χ1v) is 4.55. The van der Waals surface area contributed by atoms with E-state index in [-0.39, 0.29) is 0 Å². The summed E-state index contributed by atoms with van der Waals surface area (Å²) in [6, 6.07) is 0. The summed E-state index contributed by atoms with van der Waals surface area (Å²) in [6.45, 7) is 8.09. The highest BCUT2D eigenvalue weighted by atomic mass is 16.3. The van der Waals surface area contributed by atoms with Crippen molar-refractivity contribution in [2.24, 2.45) is 11.8 Å². The average Bonchev–Trinajstić information content (AvgIpc) is 1.85. The number of nitrogens with zero attached hydrogens (tertiary/aromatic N) is 1. The van der Waals surface area contributed by atoms with E-state index in [9.17, 15) is 0 Å². The number of β-amino-alcohol motifs (C(OH)–C–C–N with tert-alkyl or cyclic N) is 1. The third-order valence-corrected chi connectivity index (χ3v) is 2.36. The van der Waals surface area contributed by atoms with Gasteiger partial charge in [0.15, 0.2) is 0 Å². The molecule has 1 aliphatic heterocycles. The van der Waals surface area contributed by atoms with Crippen molar-refractivity contribution in [1.82, 2.24) is 4.90 Å². The van der Waals surface area contributed by atoms with Gasteiger partial charge in [0, 0.05) is 19.6 Å². The lowest BCUT2D eigenvalue weighted by Gasteiger charge is -2.34. The summed E-state index contributed by atoms with van der Waals surface area (Å²) < 4.78 is 0. The van der Waals surface area contributed by atoms with Crippen LogP contribution in [0.1, 0.15) is 20.3 Å². The third kappa shape index (κ3) is 2.80. The number of likely N-dealkylation sites (tertiary alicyclic amines) is 1. The number of piperidine rings is 1. The highest BCUT2D eigenvalue weighted by molar-refractivity contribution is 4.73. The Balaban J connectivity index is 2.30. The van der Waals surface area contributed by atoms with Crippen LogP contribution in [-0.4, -0.2) is 36.2 Å². The molecule has 0 spiro atoms. The fourth-order valence-electron chi connectivity index (χ4n) is 2.12. The predicted molar refractivity (Wildman–Crippen MR) is 46.5 cm³/mol. The average molecular weight is 157 g/mol. The van der Waals surface area contributed by atoms with Gasteiger partial charge in [-0.3, -0.25) is 0 Å². The van der Waals surface area contributed by atoms with Crippen LogP contribution in [-0.2, 0) is 0 Å². The summed E-state index contributed by atoms with van der Waals surface area (Å²) >= 11 is 0. The van der Waals surface area contributed by atoms with Crippen LogP contribution in [0.15, 0.2) is 0 Å². The summed E-state index contributed by atoms with van der Waals surface area (Å²) in [5.41, 5.74) is 0. The van der Waals surface area contributed by atoms with Crippen LogP contribution in [0.5, 0.6) is 0 Å². The lowest BCUT2D eigenvalue weighted by molar-refractivity contribution is 0.115. The first kappa shape index (κ1) is 9.01. The van der Waals surface area contributed by atoms with E-state index in [2.05, 4.69) is 18.7 Å². The molecule has 1 saturated heterocycles. The quantitative estimate of drug-likeness (QED) is 0.645. The lowest BCUT2D eigenvalue weighted by Crippen LogP contribution is -2.40. The Morgan fingerprint density at radius 1 is 1.27 bits per heavy atom. The normalized spacial score (nSPS) is 34.1. The van der Waals surface area contributed by atoms with Gasteiger partial charge in [0.05, 0.1) is 6.61 Å². The van der Waals surface area contributed by atoms with E-state index in [1.54, 1.807) is 0 Å². The zero-order chi connectivity index (χ0) is 8.27. The van der Waals surface area contributed by atoms with E-state index in [0.717, 1.165) is 18.4 Å². The van der Waals surface area contributed by atoms with Gasteiger partial charge in [-0.1, -0.05) is 13.8 Å². The maximum atomic E-state index is 8.75. The highest BCUT2D eigenvalue weighted by Crippen LogP contribution is 2.20. The largest absolute Gasteiger partial charge is 0.395 e. The van der Waals surface area contributed by atoms with Gasteiger partial charge in [-0.15, -0.1) is 0 Å². The molecule has 1 heterocycles. The van der Waals surface area contributed by atoms with Crippen molar-refractivity contribution in [2.45, 2.75) is 20.3 Å². The maximum Gasteiger partial charge on any atom is 0.0558 e. The van der Waals surface area contributed by atoms with Crippen LogP contribution < -0.4 is 0 Å². The van der Waals surface area contributed by atoms with Gasteiger partial charge in [-0.2, -0.15) is 0 Å². The van der Waals surface area contributed by atoms with Crippen LogP contribution in [0.4, 0.5) is 0 Å². The molecule has 0 amide bonds. The summed E-state index contributed by atoms with van der Waals surface area (Å²) in [5, 5.41) is 8.75. The molecule has 1 rings (SSSR count). The van der Waals surface area contributed by atoms with Crippen molar-refractivity contribution in [3.8, 4) is 0 Å². The molecule has 0 bridgehead atoms. The van der Waals surface area contributed by atoms with E-state index in [0.29, 0.717) is 6.61 Å². The summed E-state index contributed by atoms with van der Waals surface area (Å²) in [6.07, 6.45) is 1.35.